The van der Waals surface area contributed by atoms with E-state index in [1.54, 1.807) is 12.1 Å². The molecule has 0 amide bonds. The fourth-order valence-electron chi connectivity index (χ4n) is 3.00. The maximum absolute atomic E-state index is 13.2. The van der Waals surface area contributed by atoms with Gasteiger partial charge in [0.15, 0.2) is 0 Å². The van der Waals surface area contributed by atoms with Crippen molar-refractivity contribution in [3.05, 3.63) is 29.6 Å². The maximum Gasteiger partial charge on any atom is 0.123 e. The monoisotopic (exact) mass is 294 g/mol. The molecule has 0 saturated carbocycles. The predicted molar refractivity (Wildman–Crippen MR) is 79.2 cm³/mol. The van der Waals surface area contributed by atoms with Gasteiger partial charge in [0.1, 0.15) is 17.7 Å². The Morgan fingerprint density at radius 3 is 3.05 bits per heavy atom. The van der Waals surface area contributed by atoms with Crippen LogP contribution >= 0.6 is 0 Å². The van der Waals surface area contributed by atoms with E-state index >= 15 is 0 Å². The molecule has 3 rings (SSSR count). The summed E-state index contributed by atoms with van der Waals surface area (Å²) in [5.74, 6) is 0.621. The van der Waals surface area contributed by atoms with E-state index < -0.39 is 0 Å². The number of benzene rings is 1. The molecule has 2 unspecified atom stereocenters. The van der Waals surface area contributed by atoms with Crippen LogP contribution in [0.4, 0.5) is 4.39 Å². The molecule has 21 heavy (non-hydrogen) atoms. The first-order valence-corrected chi connectivity index (χ1v) is 7.74. The topological polar surface area (TPSA) is 33.7 Å². The Balaban J connectivity index is 1.41. The summed E-state index contributed by atoms with van der Waals surface area (Å²) in [5.41, 5.74) is 0.966. The van der Waals surface area contributed by atoms with Crippen LogP contribution in [0.25, 0.3) is 0 Å². The number of ether oxygens (including phenoxy) is 2. The first-order valence-electron chi connectivity index (χ1n) is 7.74. The first kappa shape index (κ1) is 14.8. The van der Waals surface area contributed by atoms with Crippen LogP contribution in [0.2, 0.25) is 0 Å². The van der Waals surface area contributed by atoms with Gasteiger partial charge in [0.05, 0.1) is 12.7 Å². The third kappa shape index (κ3) is 3.73. The molecule has 1 fully saturated rings. The zero-order valence-electron chi connectivity index (χ0n) is 12.5. The third-order valence-electron chi connectivity index (χ3n) is 4.18. The van der Waals surface area contributed by atoms with Gasteiger partial charge in [-0.05, 0) is 24.7 Å². The number of nitrogens with one attached hydrogen (secondary N) is 1. The Hall–Kier alpha value is -1.17. The van der Waals surface area contributed by atoms with Crippen molar-refractivity contribution in [2.24, 2.45) is 0 Å². The molecule has 1 aromatic carbocycles. The van der Waals surface area contributed by atoms with E-state index in [1.807, 2.05) is 0 Å². The highest BCUT2D eigenvalue weighted by atomic mass is 19.1. The van der Waals surface area contributed by atoms with Crippen LogP contribution in [0.5, 0.6) is 5.75 Å². The van der Waals surface area contributed by atoms with E-state index in [-0.39, 0.29) is 18.0 Å². The van der Waals surface area contributed by atoms with Gasteiger partial charge >= 0.3 is 0 Å². The Morgan fingerprint density at radius 2 is 2.19 bits per heavy atom. The summed E-state index contributed by atoms with van der Waals surface area (Å²) in [5, 5.41) is 3.42. The molecule has 0 radical (unpaired) electrons. The van der Waals surface area contributed by atoms with Gasteiger partial charge in [0.2, 0.25) is 0 Å². The molecule has 2 aliphatic rings. The van der Waals surface area contributed by atoms with Gasteiger partial charge in [0.25, 0.3) is 0 Å². The van der Waals surface area contributed by atoms with E-state index in [4.69, 9.17) is 9.47 Å². The minimum absolute atomic E-state index is 0.0904. The fourth-order valence-corrected chi connectivity index (χ4v) is 3.00. The second kappa shape index (κ2) is 6.73. The van der Waals surface area contributed by atoms with Crippen molar-refractivity contribution in [3.63, 3.8) is 0 Å². The summed E-state index contributed by atoms with van der Waals surface area (Å²) >= 11 is 0. The summed E-state index contributed by atoms with van der Waals surface area (Å²) < 4.78 is 24.7. The lowest BCUT2D eigenvalue weighted by molar-refractivity contribution is -0.0258. The zero-order valence-corrected chi connectivity index (χ0v) is 12.5. The van der Waals surface area contributed by atoms with Crippen LogP contribution in [0.1, 0.15) is 12.5 Å². The predicted octanol–water partition coefficient (Wildman–Crippen LogP) is 1.44. The Kier molecular flexibility index (Phi) is 4.73. The van der Waals surface area contributed by atoms with Crippen molar-refractivity contribution in [1.82, 2.24) is 10.2 Å². The molecule has 1 saturated heterocycles. The molecule has 0 bridgehead atoms. The van der Waals surface area contributed by atoms with Crippen LogP contribution < -0.4 is 10.1 Å². The molecule has 1 N–H and O–H groups in total. The Labute approximate surface area is 125 Å². The SMILES string of the molecule is CCN1CCOC(CNCC2Cc3cc(F)ccc3O2)C1. The fraction of sp³-hybridized carbons (Fsp3) is 0.625. The van der Waals surface area contributed by atoms with Crippen LogP contribution in [-0.4, -0.2) is 56.4 Å². The summed E-state index contributed by atoms with van der Waals surface area (Å²) in [6.07, 6.45) is 1.11. The molecule has 1 aromatic rings. The number of fused-ring (bicyclic) bond motifs is 1. The normalized spacial score (nSPS) is 25.6. The minimum atomic E-state index is -0.193. The van der Waals surface area contributed by atoms with E-state index in [0.29, 0.717) is 0 Å². The van der Waals surface area contributed by atoms with E-state index in [9.17, 15) is 4.39 Å². The summed E-state index contributed by atoms with van der Waals surface area (Å²) in [7, 11) is 0. The second-order valence-electron chi connectivity index (χ2n) is 5.74. The van der Waals surface area contributed by atoms with Crippen molar-refractivity contribution < 1.29 is 13.9 Å². The first-order chi connectivity index (χ1) is 10.2. The number of hydrogen-bond acceptors (Lipinski definition) is 4. The number of halogens is 1. The molecule has 0 aliphatic carbocycles. The van der Waals surface area contributed by atoms with Crippen LogP contribution in [0, 0.1) is 5.82 Å². The molecule has 116 valence electrons. The summed E-state index contributed by atoms with van der Waals surface area (Å²) in [6.45, 7) is 7.68. The zero-order chi connectivity index (χ0) is 14.7. The van der Waals surface area contributed by atoms with Crippen molar-refractivity contribution >= 4 is 0 Å². The molecule has 5 heteroatoms. The standard InChI is InChI=1S/C16H23FN2O2/c1-2-19-5-6-20-15(11-19)10-18-9-14-8-12-7-13(17)3-4-16(12)21-14/h3-4,7,14-15,18H,2,5-6,8-11H2,1H3. The number of likely N-dealkylation sites (N-methyl/N-ethyl adjacent to an activating group) is 1. The van der Waals surface area contributed by atoms with Crippen molar-refractivity contribution in [2.75, 3.05) is 39.3 Å². The lowest BCUT2D eigenvalue weighted by Gasteiger charge is -2.32. The molecule has 2 atom stereocenters. The average Bonchev–Trinajstić information content (AvgIpc) is 2.89. The van der Waals surface area contributed by atoms with Gasteiger partial charge in [-0.1, -0.05) is 6.92 Å². The highest BCUT2D eigenvalue weighted by Crippen LogP contribution is 2.28. The molecular weight excluding hydrogens is 271 g/mol. The van der Waals surface area contributed by atoms with Gasteiger partial charge in [-0.2, -0.15) is 0 Å². The Bertz CT molecular complexity index is 483. The van der Waals surface area contributed by atoms with Gasteiger partial charge in [-0.25, -0.2) is 4.39 Å². The number of hydrogen-bond donors (Lipinski definition) is 1. The highest BCUT2D eigenvalue weighted by Gasteiger charge is 2.24. The van der Waals surface area contributed by atoms with Gasteiger partial charge in [-0.15, -0.1) is 0 Å². The van der Waals surface area contributed by atoms with Gasteiger partial charge < -0.3 is 14.8 Å². The smallest absolute Gasteiger partial charge is 0.123 e. The van der Waals surface area contributed by atoms with E-state index in [0.717, 1.165) is 57.1 Å². The molecule has 0 spiro atoms. The molecule has 4 nitrogen and oxygen atoms in total. The van der Waals surface area contributed by atoms with Crippen molar-refractivity contribution in [2.45, 2.75) is 25.6 Å². The van der Waals surface area contributed by atoms with Crippen molar-refractivity contribution in [3.8, 4) is 5.75 Å². The average molecular weight is 294 g/mol. The molecule has 2 heterocycles. The Morgan fingerprint density at radius 1 is 1.33 bits per heavy atom. The van der Waals surface area contributed by atoms with E-state index in [2.05, 4.69) is 17.1 Å². The second-order valence-corrected chi connectivity index (χ2v) is 5.74. The van der Waals surface area contributed by atoms with Gasteiger partial charge in [0, 0.05) is 38.2 Å². The lowest BCUT2D eigenvalue weighted by atomic mass is 10.1. The van der Waals surface area contributed by atoms with E-state index in [1.165, 1.54) is 6.07 Å². The van der Waals surface area contributed by atoms with Crippen LogP contribution in [-0.2, 0) is 11.2 Å². The highest BCUT2D eigenvalue weighted by molar-refractivity contribution is 5.37. The number of nitrogens with zero attached hydrogens (tertiary/aromatic N) is 1. The quantitative estimate of drug-likeness (QED) is 0.891. The largest absolute Gasteiger partial charge is 0.488 e. The van der Waals surface area contributed by atoms with Crippen LogP contribution in [0.15, 0.2) is 18.2 Å². The molecule has 2 aliphatic heterocycles. The summed E-state index contributed by atoms with van der Waals surface area (Å²) in [6, 6.07) is 4.73. The third-order valence-corrected chi connectivity index (χ3v) is 4.18. The van der Waals surface area contributed by atoms with Crippen molar-refractivity contribution in [1.29, 1.82) is 0 Å². The van der Waals surface area contributed by atoms with Gasteiger partial charge in [-0.3, -0.25) is 4.90 Å². The number of rotatable bonds is 5. The maximum atomic E-state index is 13.2. The number of morpholine rings is 1. The minimum Gasteiger partial charge on any atom is -0.488 e. The molecule has 0 aromatic heterocycles. The lowest BCUT2D eigenvalue weighted by Crippen LogP contribution is -2.47. The van der Waals surface area contributed by atoms with Crippen LogP contribution in [0.3, 0.4) is 0 Å². The summed E-state index contributed by atoms with van der Waals surface area (Å²) in [4.78, 5) is 2.40. The molecular formula is C16H23FN2O2.